The minimum absolute atomic E-state index is 0.146. The summed E-state index contributed by atoms with van der Waals surface area (Å²) < 4.78 is 5.90. The van der Waals surface area contributed by atoms with E-state index < -0.39 is 6.10 Å². The molecule has 0 heterocycles. The molecule has 1 unspecified atom stereocenters. The number of hydrogen-bond donors (Lipinski definition) is 2. The van der Waals surface area contributed by atoms with Gasteiger partial charge in [-0.05, 0) is 18.2 Å². The number of benzene rings is 1. The third-order valence-corrected chi connectivity index (χ3v) is 2.98. The number of carbonyl (C=O) groups is 1. The fraction of sp³-hybridized carbons (Fsp3) is 0.417. The summed E-state index contributed by atoms with van der Waals surface area (Å²) in [4.78, 5) is 13.8. The summed E-state index contributed by atoms with van der Waals surface area (Å²) in [6, 6.07) is 5.68. The number of rotatable bonds is 5. The van der Waals surface area contributed by atoms with Crippen molar-refractivity contribution < 1.29 is 9.53 Å². The lowest BCUT2D eigenvalue weighted by Gasteiger charge is -2.20. The van der Waals surface area contributed by atoms with Crippen LogP contribution in [0.4, 0.5) is 11.4 Å². The van der Waals surface area contributed by atoms with Crippen molar-refractivity contribution in [3.8, 4) is 0 Å². The van der Waals surface area contributed by atoms with E-state index in [4.69, 9.17) is 10.5 Å². The van der Waals surface area contributed by atoms with Gasteiger partial charge in [0.25, 0.3) is 5.91 Å². The van der Waals surface area contributed by atoms with Crippen molar-refractivity contribution in [3.05, 3.63) is 22.7 Å². The molecule has 0 saturated heterocycles. The highest BCUT2D eigenvalue weighted by molar-refractivity contribution is 9.10. The van der Waals surface area contributed by atoms with Gasteiger partial charge < -0.3 is 20.7 Å². The lowest BCUT2D eigenvalue weighted by molar-refractivity contribution is -0.125. The molecule has 5 nitrogen and oxygen atoms in total. The van der Waals surface area contributed by atoms with E-state index in [1.165, 1.54) is 7.11 Å². The Balaban J connectivity index is 2.95. The van der Waals surface area contributed by atoms with Gasteiger partial charge in [-0.1, -0.05) is 15.9 Å². The van der Waals surface area contributed by atoms with Crippen molar-refractivity contribution in [1.82, 2.24) is 0 Å². The predicted molar refractivity (Wildman–Crippen MR) is 77.0 cm³/mol. The molecule has 0 saturated carbocycles. The number of nitrogens with zero attached hydrogens (tertiary/aromatic N) is 1. The highest BCUT2D eigenvalue weighted by Crippen LogP contribution is 2.28. The van der Waals surface area contributed by atoms with Crippen molar-refractivity contribution in [1.29, 1.82) is 0 Å². The molecule has 0 aliphatic heterocycles. The number of amides is 1. The third kappa shape index (κ3) is 3.69. The Labute approximate surface area is 115 Å². The molecule has 3 N–H and O–H groups in total. The number of nitrogens with two attached hydrogens (primary N) is 1. The zero-order chi connectivity index (χ0) is 13.7. The maximum atomic E-state index is 11.9. The summed E-state index contributed by atoms with van der Waals surface area (Å²) in [6.45, 7) is 0.146. The van der Waals surface area contributed by atoms with Gasteiger partial charge in [0.15, 0.2) is 0 Å². The van der Waals surface area contributed by atoms with Gasteiger partial charge in [-0.3, -0.25) is 4.79 Å². The molecule has 0 bridgehead atoms. The third-order valence-electron chi connectivity index (χ3n) is 2.49. The van der Waals surface area contributed by atoms with Crippen molar-refractivity contribution in [3.63, 3.8) is 0 Å². The summed E-state index contributed by atoms with van der Waals surface area (Å²) in [5, 5.41) is 2.82. The first kappa shape index (κ1) is 14.9. The van der Waals surface area contributed by atoms with Crippen molar-refractivity contribution in [2.75, 3.05) is 38.0 Å². The van der Waals surface area contributed by atoms with Gasteiger partial charge in [0, 0.05) is 32.2 Å². The second kappa shape index (κ2) is 6.72. The van der Waals surface area contributed by atoms with Gasteiger partial charge in [-0.2, -0.15) is 0 Å². The van der Waals surface area contributed by atoms with Crippen LogP contribution in [0.25, 0.3) is 0 Å². The van der Waals surface area contributed by atoms with Crippen LogP contribution in [0.2, 0.25) is 0 Å². The lowest BCUT2D eigenvalue weighted by Crippen LogP contribution is -2.36. The fourth-order valence-electron chi connectivity index (χ4n) is 1.52. The molecule has 100 valence electrons. The normalized spacial score (nSPS) is 12.1. The van der Waals surface area contributed by atoms with Crippen LogP contribution in [0, 0.1) is 0 Å². The van der Waals surface area contributed by atoms with E-state index in [0.29, 0.717) is 0 Å². The van der Waals surface area contributed by atoms with Crippen LogP contribution < -0.4 is 16.0 Å². The number of hydrogen-bond acceptors (Lipinski definition) is 4. The molecule has 1 amide bonds. The van der Waals surface area contributed by atoms with Crippen molar-refractivity contribution in [2.45, 2.75) is 6.10 Å². The smallest absolute Gasteiger partial charge is 0.254 e. The maximum Gasteiger partial charge on any atom is 0.254 e. The number of ether oxygens (including phenoxy) is 1. The van der Waals surface area contributed by atoms with E-state index in [-0.39, 0.29) is 12.5 Å². The summed E-state index contributed by atoms with van der Waals surface area (Å²) >= 11 is 3.38. The zero-order valence-electron chi connectivity index (χ0n) is 10.7. The monoisotopic (exact) mass is 315 g/mol. The standard InChI is InChI=1S/C12H18BrN3O2/c1-16(2)10-5-4-8(13)6-9(10)15-12(17)11(7-14)18-3/h4-6,11H,7,14H2,1-3H3,(H,15,17). The summed E-state index contributed by atoms with van der Waals surface area (Å²) in [7, 11) is 5.29. The molecular formula is C12H18BrN3O2. The quantitative estimate of drug-likeness (QED) is 0.862. The summed E-state index contributed by atoms with van der Waals surface area (Å²) in [5.74, 6) is -0.249. The van der Waals surface area contributed by atoms with Crippen LogP contribution in [-0.4, -0.2) is 39.8 Å². The second-order valence-electron chi connectivity index (χ2n) is 4.01. The van der Waals surface area contributed by atoms with E-state index in [9.17, 15) is 4.79 Å². The lowest BCUT2D eigenvalue weighted by atomic mass is 10.2. The van der Waals surface area contributed by atoms with Gasteiger partial charge >= 0.3 is 0 Å². The summed E-state index contributed by atoms with van der Waals surface area (Å²) in [6.07, 6.45) is -0.640. The van der Waals surface area contributed by atoms with Gasteiger partial charge in [-0.25, -0.2) is 0 Å². The van der Waals surface area contributed by atoms with Gasteiger partial charge in [0.2, 0.25) is 0 Å². The zero-order valence-corrected chi connectivity index (χ0v) is 12.3. The average molecular weight is 316 g/mol. The molecule has 0 aliphatic rings. The number of nitrogens with one attached hydrogen (secondary N) is 1. The van der Waals surface area contributed by atoms with E-state index in [1.807, 2.05) is 37.2 Å². The molecule has 18 heavy (non-hydrogen) atoms. The van der Waals surface area contributed by atoms with Gasteiger partial charge in [0.1, 0.15) is 6.10 Å². The van der Waals surface area contributed by atoms with E-state index in [2.05, 4.69) is 21.2 Å². The van der Waals surface area contributed by atoms with Crippen molar-refractivity contribution >= 4 is 33.2 Å². The highest BCUT2D eigenvalue weighted by atomic mass is 79.9. The molecular weight excluding hydrogens is 298 g/mol. The van der Waals surface area contributed by atoms with E-state index in [1.54, 1.807) is 0 Å². The number of methoxy groups -OCH3 is 1. The minimum Gasteiger partial charge on any atom is -0.376 e. The Hall–Kier alpha value is -1.11. The number of halogens is 1. The fourth-order valence-corrected chi connectivity index (χ4v) is 1.88. The Kier molecular flexibility index (Phi) is 5.58. The molecule has 0 aromatic heterocycles. The average Bonchev–Trinajstić information content (AvgIpc) is 2.30. The van der Waals surface area contributed by atoms with Crippen LogP contribution in [0.5, 0.6) is 0 Å². The maximum absolute atomic E-state index is 11.9. The molecule has 1 aromatic carbocycles. The molecule has 1 aromatic rings. The van der Waals surface area contributed by atoms with Crippen LogP contribution in [0.1, 0.15) is 0 Å². The topological polar surface area (TPSA) is 67.6 Å². The summed E-state index contributed by atoms with van der Waals surface area (Å²) in [5.41, 5.74) is 7.09. The molecule has 1 atom stereocenters. The first-order valence-electron chi connectivity index (χ1n) is 5.50. The van der Waals surface area contributed by atoms with E-state index >= 15 is 0 Å². The van der Waals surface area contributed by atoms with Gasteiger partial charge in [-0.15, -0.1) is 0 Å². The predicted octanol–water partition coefficient (Wildman–Crippen LogP) is 1.43. The van der Waals surface area contributed by atoms with Crippen LogP contribution in [-0.2, 0) is 9.53 Å². The number of carbonyl (C=O) groups excluding carboxylic acids is 1. The Morgan fingerprint density at radius 2 is 2.22 bits per heavy atom. The molecule has 1 rings (SSSR count). The molecule has 6 heteroatoms. The molecule has 0 radical (unpaired) electrons. The Morgan fingerprint density at radius 3 is 2.72 bits per heavy atom. The second-order valence-corrected chi connectivity index (χ2v) is 4.92. The molecule has 0 aliphatic carbocycles. The van der Waals surface area contributed by atoms with Crippen LogP contribution in [0.15, 0.2) is 22.7 Å². The highest BCUT2D eigenvalue weighted by Gasteiger charge is 2.17. The van der Waals surface area contributed by atoms with Crippen LogP contribution in [0.3, 0.4) is 0 Å². The molecule has 0 spiro atoms. The Bertz CT molecular complexity index is 420. The van der Waals surface area contributed by atoms with E-state index in [0.717, 1.165) is 15.8 Å². The number of anilines is 2. The van der Waals surface area contributed by atoms with Crippen molar-refractivity contribution in [2.24, 2.45) is 5.73 Å². The van der Waals surface area contributed by atoms with Gasteiger partial charge in [0.05, 0.1) is 11.4 Å². The SMILES string of the molecule is COC(CN)C(=O)Nc1cc(Br)ccc1N(C)C. The largest absolute Gasteiger partial charge is 0.376 e. The van der Waals surface area contributed by atoms with Crippen LogP contribution >= 0.6 is 15.9 Å². The Morgan fingerprint density at radius 1 is 1.56 bits per heavy atom. The molecule has 0 fully saturated rings. The first-order chi connectivity index (χ1) is 8.49. The first-order valence-corrected chi connectivity index (χ1v) is 6.29. The minimum atomic E-state index is -0.640.